The van der Waals surface area contributed by atoms with Gasteiger partial charge in [0.1, 0.15) is 6.04 Å². The molecule has 9 heteroatoms. The van der Waals surface area contributed by atoms with Crippen LogP contribution in [0.2, 0.25) is 0 Å². The van der Waals surface area contributed by atoms with Gasteiger partial charge in [0.15, 0.2) is 0 Å². The average molecular weight is 442 g/mol. The third-order valence-corrected chi connectivity index (χ3v) is 6.93. The minimum Gasteiger partial charge on any atom is -0.355 e. The second-order valence-corrected chi connectivity index (χ2v) is 9.72. The first-order valence-corrected chi connectivity index (χ1v) is 12.8. The number of unbranched alkanes of at least 4 members (excludes halogenated alkanes) is 3. The van der Waals surface area contributed by atoms with Crippen molar-refractivity contribution in [3.05, 3.63) is 24.0 Å². The molecule has 2 atom stereocenters. The molecule has 1 saturated carbocycles. The Balaban J connectivity index is 1.19. The number of hydrogen-bond acceptors (Lipinski definition) is 5. The van der Waals surface area contributed by atoms with Crippen LogP contribution in [0.4, 0.5) is 0 Å². The van der Waals surface area contributed by atoms with Crippen LogP contribution in [-0.4, -0.2) is 40.7 Å². The molecule has 0 bridgehead atoms. The van der Waals surface area contributed by atoms with Gasteiger partial charge in [-0.3, -0.25) is 19.2 Å². The van der Waals surface area contributed by atoms with E-state index in [1.165, 1.54) is 18.5 Å². The van der Waals surface area contributed by atoms with Gasteiger partial charge in [0.25, 0.3) is 0 Å². The first-order valence-electron chi connectivity index (χ1n) is 11.3. The number of hydrogen-bond donors (Lipinski definition) is 3. The summed E-state index contributed by atoms with van der Waals surface area (Å²) < 4.78 is 24.6. The normalized spacial score (nSPS) is 22.1. The van der Waals surface area contributed by atoms with Crippen LogP contribution < -0.4 is 10.6 Å². The molecule has 2 aliphatic rings. The molecule has 1 aromatic rings. The molecule has 2 heterocycles. The molecular formula is C21H36N3O5P. The van der Waals surface area contributed by atoms with Crippen LogP contribution in [0.1, 0.15) is 69.9 Å². The molecule has 2 unspecified atom stereocenters. The Hall–Kier alpha value is -1.18. The van der Waals surface area contributed by atoms with Crippen molar-refractivity contribution in [3.8, 4) is 0 Å². The highest BCUT2D eigenvalue weighted by Crippen LogP contribution is 2.46. The molecule has 1 fully saturated rings. The number of amides is 1. The Morgan fingerprint density at radius 1 is 1.20 bits per heavy atom. The summed E-state index contributed by atoms with van der Waals surface area (Å²) in [6.07, 6.45) is 11.3. The molecule has 3 rings (SSSR count). The number of nitrogens with one attached hydrogen (secondary N) is 2. The molecule has 1 aliphatic heterocycles. The summed E-state index contributed by atoms with van der Waals surface area (Å²) >= 11 is 0. The lowest BCUT2D eigenvalue weighted by Gasteiger charge is -2.25. The average Bonchev–Trinajstić information content (AvgIpc) is 3.05. The third-order valence-electron chi connectivity index (χ3n) is 5.86. The van der Waals surface area contributed by atoms with Gasteiger partial charge in [-0.25, -0.2) is 4.57 Å². The molecule has 3 N–H and O–H groups in total. The van der Waals surface area contributed by atoms with Crippen molar-refractivity contribution >= 4 is 13.7 Å². The fourth-order valence-electron chi connectivity index (χ4n) is 4.11. The monoisotopic (exact) mass is 441 g/mol. The quantitative estimate of drug-likeness (QED) is 0.276. The van der Waals surface area contributed by atoms with E-state index in [0.717, 1.165) is 44.9 Å². The van der Waals surface area contributed by atoms with Crippen LogP contribution in [0.5, 0.6) is 0 Å². The zero-order valence-corrected chi connectivity index (χ0v) is 18.7. The van der Waals surface area contributed by atoms with E-state index in [2.05, 4.69) is 21.3 Å². The zero-order chi connectivity index (χ0) is 21.2. The minimum absolute atomic E-state index is 0.0366. The summed E-state index contributed by atoms with van der Waals surface area (Å²) in [7, 11) is -3.96. The van der Waals surface area contributed by atoms with Crippen molar-refractivity contribution in [2.45, 2.75) is 89.4 Å². The maximum absolute atomic E-state index is 12.3. The summed E-state index contributed by atoms with van der Waals surface area (Å²) in [5.41, 5.74) is 1.20. The van der Waals surface area contributed by atoms with Crippen molar-refractivity contribution in [2.24, 2.45) is 0 Å². The second kappa shape index (κ2) is 12.0. The summed E-state index contributed by atoms with van der Waals surface area (Å²) in [6, 6.07) is 3.87. The van der Waals surface area contributed by atoms with E-state index in [1.807, 2.05) is 12.3 Å². The first-order chi connectivity index (χ1) is 14.5. The van der Waals surface area contributed by atoms with E-state index >= 15 is 0 Å². The summed E-state index contributed by atoms with van der Waals surface area (Å²) in [5, 5.41) is 6.26. The van der Waals surface area contributed by atoms with Gasteiger partial charge in [0.05, 0.1) is 12.7 Å². The van der Waals surface area contributed by atoms with Gasteiger partial charge in [-0.05, 0) is 37.8 Å². The van der Waals surface area contributed by atoms with Crippen LogP contribution in [0.3, 0.4) is 0 Å². The highest BCUT2D eigenvalue weighted by Gasteiger charge is 2.27. The Labute approximate surface area is 179 Å². The number of phosphoric acid groups is 1. The molecule has 8 nitrogen and oxygen atoms in total. The van der Waals surface area contributed by atoms with E-state index in [1.54, 1.807) is 0 Å². The van der Waals surface area contributed by atoms with Gasteiger partial charge in [-0.1, -0.05) is 38.5 Å². The van der Waals surface area contributed by atoms with Crippen LogP contribution >= 0.6 is 7.82 Å². The molecular weight excluding hydrogens is 405 g/mol. The van der Waals surface area contributed by atoms with Crippen LogP contribution in [-0.2, 0) is 31.5 Å². The molecule has 1 aromatic heterocycles. The first kappa shape index (κ1) is 23.5. The highest BCUT2D eigenvalue weighted by molar-refractivity contribution is 7.47. The lowest BCUT2D eigenvalue weighted by Crippen LogP contribution is -2.49. The van der Waals surface area contributed by atoms with Crippen molar-refractivity contribution in [3.63, 3.8) is 0 Å². The van der Waals surface area contributed by atoms with Gasteiger partial charge in [-0.2, -0.15) is 0 Å². The third kappa shape index (κ3) is 7.82. The van der Waals surface area contributed by atoms with E-state index in [9.17, 15) is 14.3 Å². The smallest absolute Gasteiger partial charge is 0.355 e. The molecule has 170 valence electrons. The van der Waals surface area contributed by atoms with Gasteiger partial charge in [-0.15, -0.1) is 0 Å². The molecule has 0 spiro atoms. The Morgan fingerprint density at radius 3 is 2.77 bits per heavy atom. The van der Waals surface area contributed by atoms with Gasteiger partial charge in [0.2, 0.25) is 5.91 Å². The van der Waals surface area contributed by atoms with Crippen LogP contribution in [0.25, 0.3) is 0 Å². The van der Waals surface area contributed by atoms with Crippen molar-refractivity contribution in [1.29, 1.82) is 0 Å². The fourth-order valence-corrected chi connectivity index (χ4v) is 5.12. The minimum atomic E-state index is -3.96. The maximum atomic E-state index is 12.3. The topological polar surface area (TPSA) is 102 Å². The molecule has 0 radical (unpaired) electrons. The van der Waals surface area contributed by atoms with Gasteiger partial charge < -0.3 is 14.8 Å². The van der Waals surface area contributed by atoms with E-state index in [0.29, 0.717) is 26.1 Å². The molecule has 1 amide bonds. The second-order valence-electron chi connectivity index (χ2n) is 8.31. The number of rotatable bonds is 11. The summed E-state index contributed by atoms with van der Waals surface area (Å²) in [5.74, 6) is 0.0366. The summed E-state index contributed by atoms with van der Waals surface area (Å²) in [4.78, 5) is 22.2. The number of carbonyl (C=O) groups is 1. The Morgan fingerprint density at radius 2 is 1.97 bits per heavy atom. The number of nitrogens with zero attached hydrogens (tertiary/aromatic N) is 1. The van der Waals surface area contributed by atoms with Gasteiger partial charge in [0, 0.05) is 31.5 Å². The molecule has 0 saturated heterocycles. The SMILES string of the molecule is O=C(NCCCCCCOP(=O)(O)OC1CCCCCC1)C1Cn2cccc2CN1. The van der Waals surface area contributed by atoms with Crippen LogP contribution in [0.15, 0.2) is 18.3 Å². The molecule has 0 aromatic carbocycles. The molecule has 30 heavy (non-hydrogen) atoms. The fraction of sp³-hybridized carbons (Fsp3) is 0.762. The number of carbonyl (C=O) groups excluding carboxylic acids is 1. The van der Waals surface area contributed by atoms with Crippen LogP contribution in [0, 0.1) is 0 Å². The predicted molar refractivity (Wildman–Crippen MR) is 115 cm³/mol. The van der Waals surface area contributed by atoms with Crippen molar-refractivity contribution in [1.82, 2.24) is 15.2 Å². The Bertz CT molecular complexity index is 703. The molecule has 1 aliphatic carbocycles. The number of fused-ring (bicyclic) bond motifs is 1. The zero-order valence-electron chi connectivity index (χ0n) is 17.8. The number of phosphoric ester groups is 1. The van der Waals surface area contributed by atoms with E-state index in [-0.39, 0.29) is 24.7 Å². The maximum Gasteiger partial charge on any atom is 0.472 e. The van der Waals surface area contributed by atoms with Gasteiger partial charge >= 0.3 is 7.82 Å². The highest BCUT2D eigenvalue weighted by atomic mass is 31.2. The largest absolute Gasteiger partial charge is 0.472 e. The standard InChI is InChI=1S/C21H36N3O5P/c25-21(20-17-24-14-9-10-18(24)16-23-20)22-13-7-3-4-8-15-28-30(26,27)29-19-11-5-1-2-6-12-19/h9-10,14,19-20,23H,1-8,11-13,15-17H2,(H,22,25)(H,26,27). The van der Waals surface area contributed by atoms with Crippen molar-refractivity contribution in [2.75, 3.05) is 13.2 Å². The number of aromatic nitrogens is 1. The predicted octanol–water partition coefficient (Wildman–Crippen LogP) is 3.49. The lowest BCUT2D eigenvalue weighted by atomic mass is 10.2. The van der Waals surface area contributed by atoms with E-state index in [4.69, 9.17) is 9.05 Å². The summed E-state index contributed by atoms with van der Waals surface area (Å²) in [6.45, 7) is 2.23. The lowest BCUT2D eigenvalue weighted by molar-refractivity contribution is -0.123. The van der Waals surface area contributed by atoms with Crippen molar-refractivity contribution < 1.29 is 23.3 Å². The Kier molecular flexibility index (Phi) is 9.40. The van der Waals surface area contributed by atoms with E-state index < -0.39 is 7.82 Å².